The number of nitro benzene ring substituents is 1. The van der Waals surface area contributed by atoms with Crippen LogP contribution in [0.25, 0.3) is 0 Å². The molecule has 1 fully saturated rings. The average molecular weight is 314 g/mol. The van der Waals surface area contributed by atoms with E-state index in [0.717, 1.165) is 18.9 Å². The Kier molecular flexibility index (Phi) is 4.45. The largest absolute Gasteiger partial charge is 0.324 e. The van der Waals surface area contributed by atoms with Crippen molar-refractivity contribution >= 4 is 21.4 Å². The molecule has 0 amide bonds. The van der Waals surface area contributed by atoms with Crippen LogP contribution in [0.3, 0.4) is 0 Å². The minimum Gasteiger partial charge on any atom is -0.324 e. The van der Waals surface area contributed by atoms with E-state index in [-0.39, 0.29) is 10.6 Å². The average Bonchev–Trinajstić information content (AvgIpc) is 2.96. The van der Waals surface area contributed by atoms with Gasteiger partial charge in [-0.05, 0) is 24.5 Å². The molecule has 0 aliphatic carbocycles. The molecular formula is C12H18N4O4S. The van der Waals surface area contributed by atoms with E-state index in [1.807, 2.05) is 6.92 Å². The predicted octanol–water partition coefficient (Wildman–Crippen LogP) is 1.30. The number of anilines is 1. The lowest BCUT2D eigenvalue weighted by Crippen LogP contribution is -2.29. The molecule has 1 aliphatic heterocycles. The van der Waals surface area contributed by atoms with E-state index >= 15 is 0 Å². The highest BCUT2D eigenvalue weighted by Gasteiger charge is 2.36. The highest BCUT2D eigenvalue weighted by atomic mass is 32.2. The second-order valence-electron chi connectivity index (χ2n) is 5.01. The van der Waals surface area contributed by atoms with Crippen LogP contribution in [-0.4, -0.2) is 30.7 Å². The first-order chi connectivity index (χ1) is 9.90. The summed E-state index contributed by atoms with van der Waals surface area (Å²) < 4.78 is 26.5. The molecule has 1 atom stereocenters. The van der Waals surface area contributed by atoms with Gasteiger partial charge in [-0.15, -0.1) is 0 Å². The maximum atomic E-state index is 12.6. The van der Waals surface area contributed by atoms with Gasteiger partial charge < -0.3 is 5.43 Å². The molecule has 1 aliphatic rings. The Hall–Kier alpha value is -1.71. The van der Waals surface area contributed by atoms with Gasteiger partial charge in [0.25, 0.3) is 5.69 Å². The van der Waals surface area contributed by atoms with Gasteiger partial charge in [-0.25, -0.2) is 8.42 Å². The lowest BCUT2D eigenvalue weighted by Gasteiger charge is -2.16. The molecule has 0 radical (unpaired) electrons. The molecule has 0 spiro atoms. The molecule has 21 heavy (non-hydrogen) atoms. The second-order valence-corrected chi connectivity index (χ2v) is 6.92. The molecule has 1 aromatic carbocycles. The summed E-state index contributed by atoms with van der Waals surface area (Å²) in [5.74, 6) is 5.51. The third-order valence-electron chi connectivity index (χ3n) is 3.77. The number of nitrogens with two attached hydrogens (primary N) is 1. The molecule has 116 valence electrons. The number of nitrogens with one attached hydrogen (secondary N) is 1. The quantitative estimate of drug-likeness (QED) is 0.480. The van der Waals surface area contributed by atoms with E-state index in [1.165, 1.54) is 16.4 Å². The summed E-state index contributed by atoms with van der Waals surface area (Å²) in [6, 6.07) is 3.76. The monoisotopic (exact) mass is 314 g/mol. The lowest BCUT2D eigenvalue weighted by molar-refractivity contribution is -0.387. The minimum atomic E-state index is -3.86. The Morgan fingerprint density at radius 2 is 2.24 bits per heavy atom. The molecule has 1 heterocycles. The van der Waals surface area contributed by atoms with Crippen molar-refractivity contribution in [1.82, 2.24) is 4.31 Å². The van der Waals surface area contributed by atoms with Gasteiger partial charge in [0.05, 0.1) is 10.6 Å². The first kappa shape index (κ1) is 15.7. The highest BCUT2D eigenvalue weighted by Crippen LogP contribution is 2.32. The highest BCUT2D eigenvalue weighted by molar-refractivity contribution is 7.89. The number of hydrazine groups is 1. The topological polar surface area (TPSA) is 119 Å². The Balaban J connectivity index is 2.43. The molecule has 1 saturated heterocycles. The van der Waals surface area contributed by atoms with Crippen molar-refractivity contribution in [2.45, 2.75) is 24.7 Å². The smallest absolute Gasteiger partial charge is 0.291 e. The van der Waals surface area contributed by atoms with Crippen molar-refractivity contribution in [2.75, 3.05) is 18.5 Å². The maximum Gasteiger partial charge on any atom is 0.291 e. The number of rotatable bonds is 5. The number of hydrogen-bond acceptors (Lipinski definition) is 6. The van der Waals surface area contributed by atoms with Gasteiger partial charge >= 0.3 is 0 Å². The fraction of sp³-hybridized carbons (Fsp3) is 0.500. The molecule has 8 nitrogen and oxygen atoms in total. The van der Waals surface area contributed by atoms with Crippen LogP contribution in [0, 0.1) is 16.0 Å². The zero-order chi connectivity index (χ0) is 15.6. The molecule has 0 bridgehead atoms. The first-order valence-corrected chi connectivity index (χ1v) is 8.09. The van der Waals surface area contributed by atoms with Crippen molar-refractivity contribution in [3.8, 4) is 0 Å². The summed E-state index contributed by atoms with van der Waals surface area (Å²) in [6.45, 7) is 2.81. The van der Waals surface area contributed by atoms with Gasteiger partial charge in [-0.2, -0.15) is 4.31 Å². The van der Waals surface area contributed by atoms with Crippen LogP contribution in [-0.2, 0) is 10.0 Å². The second kappa shape index (κ2) is 5.96. The van der Waals surface area contributed by atoms with Crippen LogP contribution < -0.4 is 11.3 Å². The Labute approximate surface area is 123 Å². The van der Waals surface area contributed by atoms with Crippen LogP contribution in [0.4, 0.5) is 11.4 Å². The van der Waals surface area contributed by atoms with E-state index in [4.69, 9.17) is 5.84 Å². The summed E-state index contributed by atoms with van der Waals surface area (Å²) in [6.07, 6.45) is 1.68. The third-order valence-corrected chi connectivity index (χ3v) is 5.68. The Morgan fingerprint density at radius 3 is 2.76 bits per heavy atom. The van der Waals surface area contributed by atoms with E-state index in [2.05, 4.69) is 5.43 Å². The van der Waals surface area contributed by atoms with Gasteiger partial charge in [0.2, 0.25) is 10.0 Å². The molecule has 2 rings (SSSR count). The minimum absolute atomic E-state index is 0.286. The van der Waals surface area contributed by atoms with Crippen molar-refractivity contribution in [2.24, 2.45) is 11.8 Å². The summed E-state index contributed by atoms with van der Waals surface area (Å²) >= 11 is 0. The van der Waals surface area contributed by atoms with Gasteiger partial charge in [0, 0.05) is 19.2 Å². The molecule has 9 heteroatoms. The summed E-state index contributed by atoms with van der Waals surface area (Å²) in [5.41, 5.74) is 2.09. The predicted molar refractivity (Wildman–Crippen MR) is 78.1 cm³/mol. The van der Waals surface area contributed by atoms with Crippen LogP contribution >= 0.6 is 0 Å². The lowest BCUT2D eigenvalue weighted by atomic mass is 10.1. The molecule has 0 aromatic heterocycles. The van der Waals surface area contributed by atoms with Crippen LogP contribution in [0.5, 0.6) is 0 Å². The summed E-state index contributed by atoms with van der Waals surface area (Å²) in [7, 11) is -3.86. The SMILES string of the molecule is CCC1CCN(S(=O)(=O)c2ccc(NN)cc2[N+](=O)[O-])C1. The van der Waals surface area contributed by atoms with Crippen molar-refractivity contribution in [3.63, 3.8) is 0 Å². The van der Waals surface area contributed by atoms with Crippen LogP contribution in [0.2, 0.25) is 0 Å². The Morgan fingerprint density at radius 1 is 1.52 bits per heavy atom. The number of nitrogen functional groups attached to an aromatic ring is 1. The van der Waals surface area contributed by atoms with Gasteiger partial charge in [0.1, 0.15) is 0 Å². The first-order valence-electron chi connectivity index (χ1n) is 6.65. The van der Waals surface area contributed by atoms with Gasteiger partial charge in [-0.3, -0.25) is 16.0 Å². The van der Waals surface area contributed by atoms with Crippen LogP contribution in [0.1, 0.15) is 19.8 Å². The standard InChI is InChI=1S/C12H18N4O4S/c1-2-9-5-6-15(8-9)21(19,20)12-4-3-10(14-13)7-11(12)16(17)18/h3-4,7,9,14H,2,5-6,8,13H2,1H3. The van der Waals surface area contributed by atoms with E-state index in [1.54, 1.807) is 0 Å². The fourth-order valence-electron chi connectivity index (χ4n) is 2.46. The summed E-state index contributed by atoms with van der Waals surface area (Å²) in [5, 5.41) is 11.1. The van der Waals surface area contributed by atoms with Gasteiger partial charge in [-0.1, -0.05) is 13.3 Å². The van der Waals surface area contributed by atoms with Crippen molar-refractivity contribution in [3.05, 3.63) is 28.3 Å². The summed E-state index contributed by atoms with van der Waals surface area (Å²) in [4.78, 5) is 10.1. The van der Waals surface area contributed by atoms with E-state index in [0.29, 0.717) is 19.0 Å². The van der Waals surface area contributed by atoms with Crippen molar-refractivity contribution < 1.29 is 13.3 Å². The molecule has 0 saturated carbocycles. The number of sulfonamides is 1. The zero-order valence-corrected chi connectivity index (χ0v) is 12.5. The van der Waals surface area contributed by atoms with Crippen molar-refractivity contribution in [1.29, 1.82) is 0 Å². The van der Waals surface area contributed by atoms with Gasteiger partial charge in [0.15, 0.2) is 4.90 Å². The number of nitro groups is 1. The van der Waals surface area contributed by atoms with Crippen LogP contribution in [0.15, 0.2) is 23.1 Å². The normalized spacial score (nSPS) is 19.6. The number of benzene rings is 1. The number of nitrogens with zero attached hydrogens (tertiary/aromatic N) is 2. The maximum absolute atomic E-state index is 12.6. The fourth-order valence-corrected chi connectivity index (χ4v) is 4.12. The molecular weight excluding hydrogens is 296 g/mol. The zero-order valence-electron chi connectivity index (χ0n) is 11.7. The molecule has 3 N–H and O–H groups in total. The molecule has 1 aromatic rings. The molecule has 1 unspecified atom stereocenters. The number of hydrogen-bond donors (Lipinski definition) is 2. The third kappa shape index (κ3) is 2.99. The van der Waals surface area contributed by atoms with E-state index in [9.17, 15) is 18.5 Å². The van der Waals surface area contributed by atoms with E-state index < -0.39 is 20.6 Å². The Bertz CT molecular complexity index is 647.